The first-order chi connectivity index (χ1) is 15.3. The molecule has 0 amide bonds. The second-order valence-corrected chi connectivity index (χ2v) is 9.99. The van der Waals surface area contributed by atoms with Gasteiger partial charge in [-0.05, 0) is 54.1 Å². The van der Waals surface area contributed by atoms with Gasteiger partial charge >= 0.3 is 0 Å². The summed E-state index contributed by atoms with van der Waals surface area (Å²) in [6.45, 7) is 3.55. The van der Waals surface area contributed by atoms with Crippen LogP contribution in [-0.4, -0.2) is 44.6 Å². The summed E-state index contributed by atoms with van der Waals surface area (Å²) in [6.07, 6.45) is 1.58. The molecule has 1 atom stereocenters. The molecular formula is C23H21ClF2N2O3S. The Hall–Kier alpha value is -2.39. The summed E-state index contributed by atoms with van der Waals surface area (Å²) in [6, 6.07) is 11.6. The Morgan fingerprint density at radius 1 is 1.03 bits per heavy atom. The van der Waals surface area contributed by atoms with Crippen molar-refractivity contribution in [2.24, 2.45) is 0 Å². The van der Waals surface area contributed by atoms with Gasteiger partial charge in [0.2, 0.25) is 0 Å². The van der Waals surface area contributed by atoms with Crippen LogP contribution in [0.2, 0.25) is 5.02 Å². The van der Waals surface area contributed by atoms with E-state index in [1.807, 2.05) is 0 Å². The molecule has 32 heavy (non-hydrogen) atoms. The van der Waals surface area contributed by atoms with Crippen molar-refractivity contribution in [1.82, 2.24) is 9.88 Å². The number of nitrogens with zero attached hydrogens (tertiary/aromatic N) is 2. The van der Waals surface area contributed by atoms with Crippen LogP contribution in [0.1, 0.15) is 22.1 Å². The molecule has 1 fully saturated rings. The number of aromatic nitrogens is 1. The van der Waals surface area contributed by atoms with Crippen molar-refractivity contribution < 1.29 is 21.9 Å². The molecule has 1 aliphatic rings. The Balaban J connectivity index is 1.74. The van der Waals surface area contributed by atoms with Crippen LogP contribution in [0.3, 0.4) is 0 Å². The first-order valence-electron chi connectivity index (χ1n) is 10.0. The van der Waals surface area contributed by atoms with Crippen molar-refractivity contribution >= 4 is 21.4 Å². The molecule has 0 radical (unpaired) electrons. The number of hydrogen-bond acceptors (Lipinski definition) is 5. The molecule has 2 heterocycles. The molecule has 1 unspecified atom stereocenters. The van der Waals surface area contributed by atoms with Gasteiger partial charge in [0.1, 0.15) is 16.9 Å². The number of sulfone groups is 1. The summed E-state index contributed by atoms with van der Waals surface area (Å²) >= 11 is 5.89. The Kier molecular flexibility index (Phi) is 6.85. The predicted octanol–water partition coefficient (Wildman–Crippen LogP) is 4.41. The average Bonchev–Trinajstić information content (AvgIpc) is 2.78. The lowest BCUT2D eigenvalue weighted by Gasteiger charge is -2.26. The third-order valence-electron chi connectivity index (χ3n) is 5.32. The van der Waals surface area contributed by atoms with Gasteiger partial charge in [-0.15, -0.1) is 0 Å². The number of morpholine rings is 1. The number of benzene rings is 2. The highest BCUT2D eigenvalue weighted by atomic mass is 35.5. The van der Waals surface area contributed by atoms with Crippen LogP contribution in [-0.2, 0) is 21.1 Å². The van der Waals surface area contributed by atoms with Crippen molar-refractivity contribution in [3.05, 3.63) is 94.3 Å². The number of rotatable bonds is 6. The Morgan fingerprint density at radius 2 is 1.75 bits per heavy atom. The third-order valence-corrected chi connectivity index (χ3v) is 7.62. The smallest absolute Gasteiger partial charge is 0.191 e. The largest absolute Gasteiger partial charge is 0.379 e. The van der Waals surface area contributed by atoms with E-state index in [4.69, 9.17) is 16.3 Å². The second kappa shape index (κ2) is 9.62. The minimum Gasteiger partial charge on any atom is -0.379 e. The summed E-state index contributed by atoms with van der Waals surface area (Å²) < 4.78 is 61.1. The van der Waals surface area contributed by atoms with Crippen LogP contribution < -0.4 is 0 Å². The van der Waals surface area contributed by atoms with Gasteiger partial charge in [0.15, 0.2) is 9.84 Å². The molecule has 2 aromatic carbocycles. The van der Waals surface area contributed by atoms with E-state index in [2.05, 4.69) is 9.88 Å². The molecule has 1 aliphatic heterocycles. The van der Waals surface area contributed by atoms with Crippen LogP contribution in [0.25, 0.3) is 0 Å². The Morgan fingerprint density at radius 3 is 2.41 bits per heavy atom. The van der Waals surface area contributed by atoms with Crippen molar-refractivity contribution in [1.29, 1.82) is 0 Å². The highest BCUT2D eigenvalue weighted by Crippen LogP contribution is 2.36. The van der Waals surface area contributed by atoms with Gasteiger partial charge in [-0.2, -0.15) is 0 Å². The van der Waals surface area contributed by atoms with Crippen LogP contribution in [0.4, 0.5) is 8.78 Å². The number of hydrogen-bond donors (Lipinski definition) is 0. The second-order valence-electron chi connectivity index (χ2n) is 7.52. The number of halogens is 3. The zero-order chi connectivity index (χ0) is 22.7. The fraction of sp³-hybridized carbons (Fsp3) is 0.261. The lowest BCUT2D eigenvalue weighted by Crippen LogP contribution is -2.35. The van der Waals surface area contributed by atoms with Gasteiger partial charge in [-0.3, -0.25) is 9.88 Å². The fourth-order valence-corrected chi connectivity index (χ4v) is 5.55. The summed E-state index contributed by atoms with van der Waals surface area (Å²) in [5, 5.41) is -1.15. The summed E-state index contributed by atoms with van der Waals surface area (Å²) in [4.78, 5) is 6.49. The molecule has 3 aromatic rings. The molecule has 4 rings (SSSR count). The lowest BCUT2D eigenvalue weighted by atomic mass is 10.1. The van der Waals surface area contributed by atoms with E-state index >= 15 is 0 Å². The zero-order valence-electron chi connectivity index (χ0n) is 17.0. The van der Waals surface area contributed by atoms with E-state index in [1.165, 1.54) is 24.3 Å². The SMILES string of the molecule is O=S(=O)(c1ccc(Cl)cc1)C(c1ccc(CN2CCOCC2)cn1)c1cc(F)ccc1F. The maximum absolute atomic E-state index is 14.7. The molecule has 0 saturated carbocycles. The minimum atomic E-state index is -4.16. The molecule has 0 spiro atoms. The lowest BCUT2D eigenvalue weighted by molar-refractivity contribution is 0.0341. The summed E-state index contributed by atoms with van der Waals surface area (Å²) in [5.74, 6) is -1.56. The molecule has 0 aliphatic carbocycles. The minimum absolute atomic E-state index is 0.0604. The normalized spacial score (nSPS) is 16.1. The van der Waals surface area contributed by atoms with Crippen molar-refractivity contribution in [3.8, 4) is 0 Å². The van der Waals surface area contributed by atoms with Gasteiger partial charge in [0.25, 0.3) is 0 Å². The summed E-state index contributed by atoms with van der Waals surface area (Å²) in [5.41, 5.74) is 0.696. The Bertz CT molecular complexity index is 1180. The van der Waals surface area contributed by atoms with Crippen LogP contribution >= 0.6 is 11.6 Å². The molecular weight excluding hydrogens is 458 g/mol. The van der Waals surface area contributed by atoms with E-state index in [1.54, 1.807) is 18.3 Å². The van der Waals surface area contributed by atoms with Crippen molar-refractivity contribution in [2.75, 3.05) is 26.3 Å². The maximum atomic E-state index is 14.7. The van der Waals surface area contributed by atoms with Crippen molar-refractivity contribution in [2.45, 2.75) is 16.7 Å². The number of ether oxygens (including phenoxy) is 1. The topological polar surface area (TPSA) is 59.5 Å². The van der Waals surface area contributed by atoms with E-state index in [0.29, 0.717) is 24.8 Å². The molecule has 9 heteroatoms. The van der Waals surface area contributed by atoms with Crippen LogP contribution in [0.5, 0.6) is 0 Å². The summed E-state index contributed by atoms with van der Waals surface area (Å²) in [7, 11) is -4.16. The maximum Gasteiger partial charge on any atom is 0.191 e. The molecule has 1 saturated heterocycles. The standard InChI is InChI=1S/C23H21ClF2N2O3S/c24-17-2-5-19(6-3-17)32(29,30)23(20-13-18(25)4-7-21(20)26)22-8-1-16(14-27-22)15-28-9-11-31-12-10-28/h1-8,13-14,23H,9-12,15H2. The van der Waals surface area contributed by atoms with Gasteiger partial charge in [0.05, 0.1) is 23.8 Å². The molecule has 5 nitrogen and oxygen atoms in total. The monoisotopic (exact) mass is 478 g/mol. The van der Waals surface area contributed by atoms with Crippen LogP contribution in [0, 0.1) is 11.6 Å². The predicted molar refractivity (Wildman–Crippen MR) is 117 cm³/mol. The number of pyridine rings is 1. The van der Waals surface area contributed by atoms with E-state index < -0.39 is 26.7 Å². The highest BCUT2D eigenvalue weighted by molar-refractivity contribution is 7.91. The van der Waals surface area contributed by atoms with Gasteiger partial charge < -0.3 is 4.74 Å². The quantitative estimate of drug-likeness (QED) is 0.525. The highest BCUT2D eigenvalue weighted by Gasteiger charge is 2.34. The van der Waals surface area contributed by atoms with Gasteiger partial charge in [-0.25, -0.2) is 17.2 Å². The van der Waals surface area contributed by atoms with E-state index in [-0.39, 0.29) is 16.2 Å². The molecule has 168 valence electrons. The van der Waals surface area contributed by atoms with Crippen LogP contribution in [0.15, 0.2) is 65.7 Å². The Labute approximate surface area is 190 Å². The first kappa shape index (κ1) is 22.8. The van der Waals surface area contributed by atoms with Gasteiger partial charge in [-0.1, -0.05) is 17.7 Å². The molecule has 1 aromatic heterocycles. The van der Waals surface area contributed by atoms with Crippen molar-refractivity contribution in [3.63, 3.8) is 0 Å². The van der Waals surface area contributed by atoms with E-state index in [0.717, 1.165) is 36.9 Å². The molecule has 0 N–H and O–H groups in total. The fourth-order valence-electron chi connectivity index (χ4n) is 3.66. The van der Waals surface area contributed by atoms with E-state index in [9.17, 15) is 17.2 Å². The third kappa shape index (κ3) is 4.99. The zero-order valence-corrected chi connectivity index (χ0v) is 18.6. The molecule has 0 bridgehead atoms. The van der Waals surface area contributed by atoms with Gasteiger partial charge in [0, 0.05) is 36.4 Å². The average molecular weight is 479 g/mol. The first-order valence-corrected chi connectivity index (χ1v) is 12.0.